The van der Waals surface area contributed by atoms with Crippen LogP contribution in [0.3, 0.4) is 0 Å². The average molecular weight is 379 g/mol. The van der Waals surface area contributed by atoms with Gasteiger partial charge in [0.2, 0.25) is 0 Å². The average Bonchev–Trinajstić information content (AvgIpc) is 3.21. The number of aromatic nitrogens is 4. The zero-order valence-corrected chi connectivity index (χ0v) is 14.7. The quantitative estimate of drug-likeness (QED) is 0.342. The second kappa shape index (κ2) is 6.66. The first-order valence-electron chi connectivity index (χ1n) is 8.09. The van der Waals surface area contributed by atoms with Gasteiger partial charge in [0, 0.05) is 23.9 Å². The summed E-state index contributed by atoms with van der Waals surface area (Å²) in [4.78, 5) is 31.7. The first-order valence-corrected chi connectivity index (χ1v) is 8.90. The minimum absolute atomic E-state index is 0.109. The highest BCUT2D eigenvalue weighted by Crippen LogP contribution is 2.39. The molecule has 1 aliphatic carbocycles. The zero-order valence-electron chi connectivity index (χ0n) is 13.9. The molecule has 0 aromatic carbocycles. The SMILES string of the molecule is C#Cc1cnc(-c2ccc(C(=O)C(=O)O)s2)nc1Nc1cc(C2CC2)[nH]n1. The molecule has 4 rings (SSSR count). The van der Waals surface area contributed by atoms with E-state index in [1.165, 1.54) is 12.3 Å². The fourth-order valence-corrected chi connectivity index (χ4v) is 3.39. The normalized spacial score (nSPS) is 13.1. The molecule has 0 atom stereocenters. The number of ketones is 1. The summed E-state index contributed by atoms with van der Waals surface area (Å²) in [6, 6.07) is 4.97. The highest BCUT2D eigenvalue weighted by Gasteiger charge is 2.25. The first kappa shape index (κ1) is 16.9. The van der Waals surface area contributed by atoms with Crippen LogP contribution in [0.25, 0.3) is 10.7 Å². The molecule has 0 unspecified atom stereocenters. The Bertz CT molecular complexity index is 1090. The second-order valence-electron chi connectivity index (χ2n) is 6.01. The summed E-state index contributed by atoms with van der Waals surface area (Å²) in [5.41, 5.74) is 1.54. The molecule has 8 nitrogen and oxygen atoms in total. The lowest BCUT2D eigenvalue weighted by molar-refractivity contribution is -0.131. The Morgan fingerprint density at radius 3 is 2.89 bits per heavy atom. The van der Waals surface area contributed by atoms with Gasteiger partial charge in [-0.3, -0.25) is 9.89 Å². The number of nitrogens with one attached hydrogen (secondary N) is 2. The lowest BCUT2D eigenvalue weighted by atomic mass is 10.3. The number of hydrogen-bond acceptors (Lipinski definition) is 7. The zero-order chi connectivity index (χ0) is 19.0. The predicted molar refractivity (Wildman–Crippen MR) is 99.1 cm³/mol. The van der Waals surface area contributed by atoms with Crippen molar-refractivity contribution in [3.63, 3.8) is 0 Å². The van der Waals surface area contributed by atoms with Gasteiger partial charge in [-0.1, -0.05) is 5.92 Å². The highest BCUT2D eigenvalue weighted by molar-refractivity contribution is 7.18. The number of aliphatic carboxylic acids is 1. The highest BCUT2D eigenvalue weighted by atomic mass is 32.1. The van der Waals surface area contributed by atoms with Crippen molar-refractivity contribution in [3.8, 4) is 23.0 Å². The molecule has 0 saturated heterocycles. The van der Waals surface area contributed by atoms with Crippen LogP contribution < -0.4 is 5.32 Å². The summed E-state index contributed by atoms with van der Waals surface area (Å²) < 4.78 is 0. The molecule has 0 amide bonds. The Kier molecular flexibility index (Phi) is 4.18. The maximum atomic E-state index is 11.6. The third-order valence-corrected chi connectivity index (χ3v) is 5.13. The standard InChI is InChI=1S/C18H13N5O3S/c1-2-9-8-19-17(13-6-5-12(27-13)15(24)18(25)26)21-16(9)20-14-7-11(22-23-14)10-3-4-10/h1,5-8,10H,3-4H2,(H,25,26)(H2,19,20,21,22,23). The summed E-state index contributed by atoms with van der Waals surface area (Å²) in [7, 11) is 0. The number of aromatic amines is 1. The van der Waals surface area contributed by atoms with Gasteiger partial charge in [0.25, 0.3) is 5.78 Å². The predicted octanol–water partition coefficient (Wildman–Crippen LogP) is 2.80. The number of rotatable bonds is 6. The van der Waals surface area contributed by atoms with Crippen LogP contribution in [0.1, 0.15) is 39.7 Å². The molecule has 0 aliphatic heterocycles. The number of carboxylic acids is 1. The largest absolute Gasteiger partial charge is 0.475 e. The van der Waals surface area contributed by atoms with E-state index >= 15 is 0 Å². The summed E-state index contributed by atoms with van der Waals surface area (Å²) in [6.07, 6.45) is 9.34. The topological polar surface area (TPSA) is 121 Å². The number of anilines is 2. The molecule has 0 spiro atoms. The van der Waals surface area contributed by atoms with E-state index in [1.54, 1.807) is 6.07 Å². The number of carbonyl (C=O) groups excluding carboxylic acids is 1. The number of carboxylic acid groups (broad SMARTS) is 1. The van der Waals surface area contributed by atoms with Crippen molar-refractivity contribution in [1.29, 1.82) is 0 Å². The van der Waals surface area contributed by atoms with Crippen molar-refractivity contribution in [2.75, 3.05) is 5.32 Å². The van der Waals surface area contributed by atoms with Crippen LogP contribution in [0.4, 0.5) is 11.6 Å². The van der Waals surface area contributed by atoms with Crippen molar-refractivity contribution in [2.24, 2.45) is 0 Å². The molecule has 1 aliphatic rings. The number of thiophene rings is 1. The Hall–Kier alpha value is -3.51. The summed E-state index contributed by atoms with van der Waals surface area (Å²) in [6.45, 7) is 0. The van der Waals surface area contributed by atoms with Crippen molar-refractivity contribution in [2.45, 2.75) is 18.8 Å². The number of H-pyrrole nitrogens is 1. The summed E-state index contributed by atoms with van der Waals surface area (Å²) in [5.74, 6) is 1.95. The van der Waals surface area contributed by atoms with Gasteiger partial charge in [-0.25, -0.2) is 14.8 Å². The monoisotopic (exact) mass is 379 g/mol. The van der Waals surface area contributed by atoms with Crippen LogP contribution in [0.15, 0.2) is 24.4 Å². The molecule has 3 aromatic heterocycles. The van der Waals surface area contributed by atoms with Gasteiger partial charge in [0.05, 0.1) is 15.3 Å². The maximum absolute atomic E-state index is 11.6. The minimum atomic E-state index is -1.50. The maximum Gasteiger partial charge on any atom is 0.378 e. The molecular formula is C18H13N5O3S. The minimum Gasteiger partial charge on any atom is -0.475 e. The molecule has 134 valence electrons. The fraction of sp³-hybridized carbons (Fsp3) is 0.167. The number of terminal acetylenes is 1. The van der Waals surface area contributed by atoms with E-state index in [4.69, 9.17) is 11.5 Å². The van der Waals surface area contributed by atoms with Gasteiger partial charge >= 0.3 is 5.97 Å². The van der Waals surface area contributed by atoms with E-state index in [-0.39, 0.29) is 4.88 Å². The van der Waals surface area contributed by atoms with Crippen LogP contribution in [-0.2, 0) is 4.79 Å². The summed E-state index contributed by atoms with van der Waals surface area (Å²) in [5, 5.41) is 19.1. The van der Waals surface area contributed by atoms with Gasteiger partial charge in [-0.15, -0.1) is 17.8 Å². The number of carbonyl (C=O) groups is 2. The number of Topliss-reactive ketones (excluding diaryl/α,β-unsaturated/α-hetero) is 1. The van der Waals surface area contributed by atoms with Crippen molar-refractivity contribution < 1.29 is 14.7 Å². The van der Waals surface area contributed by atoms with E-state index in [0.29, 0.717) is 33.8 Å². The Labute approximate surface area is 157 Å². The van der Waals surface area contributed by atoms with Gasteiger partial charge in [-0.05, 0) is 25.0 Å². The van der Waals surface area contributed by atoms with Crippen LogP contribution >= 0.6 is 11.3 Å². The van der Waals surface area contributed by atoms with Crippen molar-refractivity contribution >= 4 is 34.7 Å². The molecule has 9 heteroatoms. The molecule has 1 fully saturated rings. The fourth-order valence-electron chi connectivity index (χ4n) is 2.51. The third kappa shape index (κ3) is 3.43. The van der Waals surface area contributed by atoms with E-state index in [9.17, 15) is 9.59 Å². The second-order valence-corrected chi connectivity index (χ2v) is 7.09. The first-order chi connectivity index (χ1) is 13.0. The van der Waals surface area contributed by atoms with Crippen LogP contribution in [0, 0.1) is 12.3 Å². The molecule has 1 saturated carbocycles. The van der Waals surface area contributed by atoms with Gasteiger partial charge < -0.3 is 10.4 Å². The smallest absolute Gasteiger partial charge is 0.378 e. The Balaban J connectivity index is 1.63. The molecule has 3 aromatic rings. The molecule has 3 heterocycles. The van der Waals surface area contributed by atoms with E-state index < -0.39 is 11.8 Å². The summed E-state index contributed by atoms with van der Waals surface area (Å²) >= 11 is 1.01. The lowest BCUT2D eigenvalue weighted by Crippen LogP contribution is -2.10. The Morgan fingerprint density at radius 2 is 2.19 bits per heavy atom. The van der Waals surface area contributed by atoms with Gasteiger partial charge in [0.15, 0.2) is 17.5 Å². The van der Waals surface area contributed by atoms with E-state index in [0.717, 1.165) is 29.9 Å². The van der Waals surface area contributed by atoms with Gasteiger partial charge in [0.1, 0.15) is 0 Å². The van der Waals surface area contributed by atoms with Crippen LogP contribution in [-0.4, -0.2) is 37.0 Å². The lowest BCUT2D eigenvalue weighted by Gasteiger charge is -2.06. The van der Waals surface area contributed by atoms with E-state index in [1.807, 2.05) is 6.07 Å². The van der Waals surface area contributed by atoms with Crippen molar-refractivity contribution in [3.05, 3.63) is 40.5 Å². The molecule has 0 radical (unpaired) electrons. The van der Waals surface area contributed by atoms with Gasteiger partial charge in [-0.2, -0.15) is 5.10 Å². The molecule has 3 N–H and O–H groups in total. The van der Waals surface area contributed by atoms with Crippen LogP contribution in [0.5, 0.6) is 0 Å². The third-order valence-electron chi connectivity index (χ3n) is 4.05. The number of hydrogen-bond donors (Lipinski definition) is 3. The molecule has 0 bridgehead atoms. The van der Waals surface area contributed by atoms with E-state index in [2.05, 4.69) is 31.4 Å². The van der Waals surface area contributed by atoms with Crippen LogP contribution in [0.2, 0.25) is 0 Å². The number of nitrogens with zero attached hydrogens (tertiary/aromatic N) is 3. The molecular weight excluding hydrogens is 366 g/mol. The molecule has 27 heavy (non-hydrogen) atoms. The van der Waals surface area contributed by atoms with Crippen molar-refractivity contribution in [1.82, 2.24) is 20.2 Å². The Morgan fingerprint density at radius 1 is 1.37 bits per heavy atom.